The van der Waals surface area contributed by atoms with Crippen LogP contribution in [-0.2, 0) is 10.8 Å². The first-order valence-corrected chi connectivity index (χ1v) is 11.2. The molecular formula is C28H22Cl2. The van der Waals surface area contributed by atoms with Crippen LogP contribution in [0.15, 0.2) is 60.7 Å². The Kier molecular flexibility index (Phi) is 3.51. The average molecular weight is 429 g/mol. The Bertz CT molecular complexity index is 1300. The molecule has 0 amide bonds. The van der Waals surface area contributed by atoms with Crippen LogP contribution in [0, 0.1) is 0 Å². The van der Waals surface area contributed by atoms with Crippen LogP contribution in [0.2, 0.25) is 10.0 Å². The lowest BCUT2D eigenvalue weighted by Gasteiger charge is -2.23. The van der Waals surface area contributed by atoms with E-state index in [-0.39, 0.29) is 10.8 Å². The lowest BCUT2D eigenvalue weighted by Crippen LogP contribution is -2.15. The molecule has 4 aromatic rings. The van der Waals surface area contributed by atoms with Crippen LogP contribution in [0.1, 0.15) is 49.9 Å². The number of benzene rings is 4. The summed E-state index contributed by atoms with van der Waals surface area (Å²) in [6.07, 6.45) is 0. The minimum atomic E-state index is -0.0799. The summed E-state index contributed by atoms with van der Waals surface area (Å²) >= 11 is 12.8. The standard InChI is InChI=1S/C28H22Cl2/c1-27(2)20-11-5-15-6-12-21-26(19-10-8-17(30)14-23(19)28(21,3)4)24(15)25(20)18-9-7-16(29)13-22(18)27/h5-14H,1-4H3. The van der Waals surface area contributed by atoms with Crippen molar-refractivity contribution in [3.63, 3.8) is 0 Å². The second kappa shape index (κ2) is 5.69. The zero-order valence-corrected chi connectivity index (χ0v) is 19.0. The van der Waals surface area contributed by atoms with Crippen molar-refractivity contribution in [2.45, 2.75) is 38.5 Å². The number of halogens is 2. The first-order valence-electron chi connectivity index (χ1n) is 10.4. The summed E-state index contributed by atoms with van der Waals surface area (Å²) in [4.78, 5) is 0. The van der Waals surface area contributed by atoms with Gasteiger partial charge in [0.25, 0.3) is 0 Å². The van der Waals surface area contributed by atoms with Gasteiger partial charge >= 0.3 is 0 Å². The average Bonchev–Trinajstić information content (AvgIpc) is 3.07. The minimum absolute atomic E-state index is 0.0799. The number of hydrogen-bond acceptors (Lipinski definition) is 0. The smallest absolute Gasteiger partial charge is 0.0409 e. The van der Waals surface area contributed by atoms with Crippen molar-refractivity contribution < 1.29 is 0 Å². The fourth-order valence-electron chi connectivity index (χ4n) is 5.81. The maximum absolute atomic E-state index is 6.41. The van der Waals surface area contributed by atoms with E-state index in [0.717, 1.165) is 10.0 Å². The minimum Gasteiger partial charge on any atom is -0.0843 e. The molecular weight excluding hydrogens is 407 g/mol. The highest BCUT2D eigenvalue weighted by Gasteiger charge is 2.41. The first kappa shape index (κ1) is 18.5. The second-order valence-electron chi connectivity index (χ2n) is 9.70. The van der Waals surface area contributed by atoms with Gasteiger partial charge in [-0.25, -0.2) is 0 Å². The molecule has 0 unspecified atom stereocenters. The molecule has 6 rings (SSSR count). The fraction of sp³-hybridized carbons (Fsp3) is 0.214. The number of hydrogen-bond donors (Lipinski definition) is 0. The predicted molar refractivity (Wildman–Crippen MR) is 129 cm³/mol. The Balaban J connectivity index is 1.83. The quantitative estimate of drug-likeness (QED) is 0.262. The molecule has 4 aromatic carbocycles. The van der Waals surface area contributed by atoms with Crippen molar-refractivity contribution >= 4 is 34.0 Å². The molecule has 0 aliphatic heterocycles. The first-order chi connectivity index (χ1) is 14.2. The van der Waals surface area contributed by atoms with Gasteiger partial charge in [-0.3, -0.25) is 0 Å². The van der Waals surface area contributed by atoms with Crippen LogP contribution in [0.25, 0.3) is 33.0 Å². The van der Waals surface area contributed by atoms with Crippen LogP contribution >= 0.6 is 23.2 Å². The van der Waals surface area contributed by atoms with Crippen LogP contribution in [0.4, 0.5) is 0 Å². The van der Waals surface area contributed by atoms with E-state index in [0.29, 0.717) is 0 Å². The normalized spacial score (nSPS) is 16.9. The lowest BCUT2D eigenvalue weighted by molar-refractivity contribution is 0.660. The SMILES string of the molecule is CC1(C)c2cc(Cl)ccc2-c2c1ccc1ccc3c(c21)-c1ccc(Cl)cc1C3(C)C. The van der Waals surface area contributed by atoms with Crippen molar-refractivity contribution in [1.29, 1.82) is 0 Å². The van der Waals surface area contributed by atoms with Crippen molar-refractivity contribution in [3.8, 4) is 22.3 Å². The molecule has 0 atom stereocenters. The van der Waals surface area contributed by atoms with Gasteiger partial charge in [0.05, 0.1) is 0 Å². The van der Waals surface area contributed by atoms with Crippen molar-refractivity contribution in [3.05, 3.63) is 93.0 Å². The van der Waals surface area contributed by atoms with E-state index in [1.165, 1.54) is 55.3 Å². The highest BCUT2D eigenvalue weighted by molar-refractivity contribution is 6.31. The Hall–Kier alpha value is -2.28. The summed E-state index contributed by atoms with van der Waals surface area (Å²) < 4.78 is 0. The van der Waals surface area contributed by atoms with E-state index in [4.69, 9.17) is 23.2 Å². The van der Waals surface area contributed by atoms with E-state index in [1.54, 1.807) is 0 Å². The highest BCUT2D eigenvalue weighted by Crippen LogP contribution is 2.57. The number of fused-ring (bicyclic) bond motifs is 9. The molecule has 2 aliphatic carbocycles. The van der Waals surface area contributed by atoms with E-state index in [1.807, 2.05) is 12.1 Å². The maximum Gasteiger partial charge on any atom is 0.0409 e. The molecule has 0 saturated heterocycles. The third kappa shape index (κ3) is 2.14. The van der Waals surface area contributed by atoms with Crippen molar-refractivity contribution in [2.75, 3.05) is 0 Å². The van der Waals surface area contributed by atoms with Crippen molar-refractivity contribution in [2.24, 2.45) is 0 Å². The van der Waals surface area contributed by atoms with Gasteiger partial charge < -0.3 is 0 Å². The third-order valence-electron chi connectivity index (χ3n) is 7.38. The molecule has 0 heterocycles. The summed E-state index contributed by atoms with van der Waals surface area (Å²) in [6, 6.07) is 21.9. The molecule has 0 N–H and O–H groups in total. The fourth-order valence-corrected chi connectivity index (χ4v) is 6.16. The molecule has 0 nitrogen and oxygen atoms in total. The summed E-state index contributed by atoms with van der Waals surface area (Å²) in [7, 11) is 0. The largest absolute Gasteiger partial charge is 0.0843 e. The molecule has 0 aromatic heterocycles. The van der Waals surface area contributed by atoms with Gasteiger partial charge in [-0.05, 0) is 79.5 Å². The molecule has 0 spiro atoms. The van der Waals surface area contributed by atoms with Crippen LogP contribution in [0.5, 0.6) is 0 Å². The molecule has 148 valence electrons. The number of rotatable bonds is 0. The van der Waals surface area contributed by atoms with Crippen LogP contribution < -0.4 is 0 Å². The molecule has 30 heavy (non-hydrogen) atoms. The predicted octanol–water partition coefficient (Wildman–Crippen LogP) is 8.76. The molecule has 0 fully saturated rings. The topological polar surface area (TPSA) is 0 Å². The van der Waals surface area contributed by atoms with Gasteiger partial charge in [0.2, 0.25) is 0 Å². The Morgan fingerprint density at radius 1 is 0.533 bits per heavy atom. The van der Waals surface area contributed by atoms with E-state index in [2.05, 4.69) is 76.2 Å². The lowest BCUT2D eigenvalue weighted by atomic mass is 9.80. The zero-order valence-electron chi connectivity index (χ0n) is 17.5. The molecule has 0 saturated carbocycles. The summed E-state index contributed by atoms with van der Waals surface area (Å²) in [5.41, 5.74) is 10.5. The Labute approximate surface area is 187 Å². The van der Waals surface area contributed by atoms with Crippen molar-refractivity contribution in [1.82, 2.24) is 0 Å². The van der Waals surface area contributed by atoms with Crippen LogP contribution in [0.3, 0.4) is 0 Å². The van der Waals surface area contributed by atoms with Gasteiger partial charge in [0.1, 0.15) is 0 Å². The molecule has 0 radical (unpaired) electrons. The Morgan fingerprint density at radius 2 is 0.967 bits per heavy atom. The third-order valence-corrected chi connectivity index (χ3v) is 7.85. The van der Waals surface area contributed by atoms with E-state index in [9.17, 15) is 0 Å². The van der Waals surface area contributed by atoms with Crippen LogP contribution in [-0.4, -0.2) is 0 Å². The Morgan fingerprint density at radius 3 is 1.40 bits per heavy atom. The maximum atomic E-state index is 6.41. The van der Waals surface area contributed by atoms with Gasteiger partial charge in [-0.1, -0.05) is 87.3 Å². The van der Waals surface area contributed by atoms with Gasteiger partial charge in [0.15, 0.2) is 0 Å². The van der Waals surface area contributed by atoms with E-state index >= 15 is 0 Å². The highest BCUT2D eigenvalue weighted by atomic mass is 35.5. The molecule has 0 bridgehead atoms. The van der Waals surface area contributed by atoms with Gasteiger partial charge in [-0.2, -0.15) is 0 Å². The summed E-state index contributed by atoms with van der Waals surface area (Å²) in [5, 5.41) is 4.23. The molecule has 2 aliphatic rings. The van der Waals surface area contributed by atoms with Gasteiger partial charge in [-0.15, -0.1) is 0 Å². The van der Waals surface area contributed by atoms with Gasteiger partial charge in [0, 0.05) is 20.9 Å². The summed E-state index contributed by atoms with van der Waals surface area (Å²) in [6.45, 7) is 9.22. The van der Waals surface area contributed by atoms with E-state index < -0.39 is 0 Å². The second-order valence-corrected chi connectivity index (χ2v) is 10.6. The summed E-state index contributed by atoms with van der Waals surface area (Å²) in [5.74, 6) is 0. The monoisotopic (exact) mass is 428 g/mol. The zero-order chi connectivity index (χ0) is 21.0. The molecule has 2 heteroatoms.